The van der Waals surface area contributed by atoms with E-state index in [-0.39, 0.29) is 12.0 Å². The average molecular weight is 244 g/mol. The van der Waals surface area contributed by atoms with Crippen LogP contribution in [0, 0.1) is 5.92 Å². The Morgan fingerprint density at radius 3 is 2.82 bits per heavy atom. The molecule has 0 aromatic rings. The third-order valence-electron chi connectivity index (χ3n) is 3.45. The maximum atomic E-state index is 12.1. The Bertz CT molecular complexity index is 248. The van der Waals surface area contributed by atoms with Gasteiger partial charge in [-0.25, -0.2) is 0 Å². The maximum Gasteiger partial charge on any atom is 0.239 e. The zero-order chi connectivity index (χ0) is 12.8. The molecule has 0 aromatic carbocycles. The predicted octanol–water partition coefficient (Wildman–Crippen LogP) is 0.234. The molecule has 1 rings (SSSR count). The van der Waals surface area contributed by atoms with Gasteiger partial charge in [-0.15, -0.1) is 0 Å². The van der Waals surface area contributed by atoms with Crippen LogP contribution in [0.3, 0.4) is 0 Å². The number of carbonyl (C=O) groups is 1. The first-order valence-electron chi connectivity index (χ1n) is 6.16. The van der Waals surface area contributed by atoms with Crippen molar-refractivity contribution in [3.63, 3.8) is 0 Å². The number of likely N-dealkylation sites (tertiary alicyclic amines) is 1. The van der Waals surface area contributed by atoms with Crippen molar-refractivity contribution in [1.82, 2.24) is 4.90 Å². The number of nitrogens with two attached hydrogens (primary N) is 1. The molecule has 1 amide bonds. The molecular formula is C12H24N2O3. The van der Waals surface area contributed by atoms with Crippen LogP contribution in [0.2, 0.25) is 0 Å². The monoisotopic (exact) mass is 244 g/mol. The van der Waals surface area contributed by atoms with Crippen LogP contribution in [0.25, 0.3) is 0 Å². The molecule has 1 saturated heterocycles. The van der Waals surface area contributed by atoms with Crippen molar-refractivity contribution in [3.05, 3.63) is 0 Å². The summed E-state index contributed by atoms with van der Waals surface area (Å²) in [4.78, 5) is 13.9. The molecule has 0 aliphatic carbocycles. The quantitative estimate of drug-likeness (QED) is 0.752. The van der Waals surface area contributed by atoms with E-state index < -0.39 is 6.04 Å². The van der Waals surface area contributed by atoms with Gasteiger partial charge in [-0.2, -0.15) is 0 Å². The van der Waals surface area contributed by atoms with Crippen molar-refractivity contribution in [2.45, 2.75) is 31.9 Å². The molecule has 0 spiro atoms. The SMILES string of the molecule is COCCC(N)C(=O)N1CCC(C)C(OC)C1. The zero-order valence-electron chi connectivity index (χ0n) is 11.0. The molecule has 3 atom stereocenters. The summed E-state index contributed by atoms with van der Waals surface area (Å²) in [5.74, 6) is 0.509. The standard InChI is InChI=1S/C12H24N2O3/c1-9-4-6-14(8-11(9)17-3)12(15)10(13)5-7-16-2/h9-11H,4-8,13H2,1-3H3. The highest BCUT2D eigenvalue weighted by atomic mass is 16.5. The van der Waals surface area contributed by atoms with E-state index in [4.69, 9.17) is 15.2 Å². The van der Waals surface area contributed by atoms with E-state index in [0.717, 1.165) is 13.0 Å². The number of piperidine rings is 1. The van der Waals surface area contributed by atoms with Crippen LogP contribution in [-0.4, -0.2) is 56.9 Å². The normalized spacial score (nSPS) is 26.9. The van der Waals surface area contributed by atoms with Gasteiger partial charge in [0.15, 0.2) is 0 Å². The molecule has 17 heavy (non-hydrogen) atoms. The summed E-state index contributed by atoms with van der Waals surface area (Å²) in [7, 11) is 3.31. The largest absolute Gasteiger partial charge is 0.385 e. The first kappa shape index (κ1) is 14.4. The molecule has 3 unspecified atom stereocenters. The molecule has 2 N–H and O–H groups in total. The second-order valence-electron chi connectivity index (χ2n) is 4.71. The molecule has 5 heteroatoms. The number of nitrogens with zero attached hydrogens (tertiary/aromatic N) is 1. The number of carbonyl (C=O) groups excluding carboxylic acids is 1. The van der Waals surface area contributed by atoms with E-state index in [1.807, 2.05) is 4.90 Å². The summed E-state index contributed by atoms with van der Waals surface area (Å²) < 4.78 is 10.3. The summed E-state index contributed by atoms with van der Waals surface area (Å²) in [6, 6.07) is -0.458. The van der Waals surface area contributed by atoms with Crippen LogP contribution in [-0.2, 0) is 14.3 Å². The van der Waals surface area contributed by atoms with Crippen LogP contribution in [0.15, 0.2) is 0 Å². The average Bonchev–Trinajstić information content (AvgIpc) is 2.35. The Hall–Kier alpha value is -0.650. The topological polar surface area (TPSA) is 64.8 Å². The Balaban J connectivity index is 2.46. The summed E-state index contributed by atoms with van der Waals surface area (Å²) in [5, 5.41) is 0. The van der Waals surface area contributed by atoms with E-state index in [0.29, 0.717) is 25.5 Å². The summed E-state index contributed by atoms with van der Waals surface area (Å²) in [6.07, 6.45) is 1.67. The fourth-order valence-corrected chi connectivity index (χ4v) is 2.14. The van der Waals surface area contributed by atoms with Gasteiger partial charge in [-0.05, 0) is 18.8 Å². The van der Waals surface area contributed by atoms with Gasteiger partial charge in [-0.1, -0.05) is 6.92 Å². The van der Waals surface area contributed by atoms with E-state index >= 15 is 0 Å². The van der Waals surface area contributed by atoms with Crippen molar-refractivity contribution >= 4 is 5.91 Å². The Labute approximate surface area is 103 Å². The van der Waals surface area contributed by atoms with E-state index in [2.05, 4.69) is 6.92 Å². The molecule has 1 aliphatic heterocycles. The third kappa shape index (κ3) is 3.94. The summed E-state index contributed by atoms with van der Waals surface area (Å²) in [6.45, 7) is 4.10. The lowest BCUT2D eigenvalue weighted by Gasteiger charge is -2.37. The minimum atomic E-state index is -0.458. The van der Waals surface area contributed by atoms with Crippen LogP contribution >= 0.6 is 0 Å². The first-order chi connectivity index (χ1) is 8.10. The minimum Gasteiger partial charge on any atom is -0.385 e. The van der Waals surface area contributed by atoms with Crippen molar-refractivity contribution in [2.24, 2.45) is 11.7 Å². The number of amides is 1. The predicted molar refractivity (Wildman–Crippen MR) is 65.6 cm³/mol. The highest BCUT2D eigenvalue weighted by Crippen LogP contribution is 2.20. The Kier molecular flexibility index (Phi) is 5.88. The highest BCUT2D eigenvalue weighted by molar-refractivity contribution is 5.81. The molecular weight excluding hydrogens is 220 g/mol. The molecule has 0 saturated carbocycles. The van der Waals surface area contributed by atoms with Gasteiger partial charge in [-0.3, -0.25) is 4.79 Å². The highest BCUT2D eigenvalue weighted by Gasteiger charge is 2.30. The maximum absolute atomic E-state index is 12.1. The molecule has 5 nitrogen and oxygen atoms in total. The molecule has 1 aliphatic rings. The van der Waals surface area contributed by atoms with Crippen molar-refractivity contribution in [3.8, 4) is 0 Å². The van der Waals surface area contributed by atoms with Crippen LogP contribution in [0.5, 0.6) is 0 Å². The van der Waals surface area contributed by atoms with Gasteiger partial charge >= 0.3 is 0 Å². The lowest BCUT2D eigenvalue weighted by atomic mass is 9.95. The lowest BCUT2D eigenvalue weighted by molar-refractivity contribution is -0.138. The first-order valence-corrected chi connectivity index (χ1v) is 6.16. The van der Waals surface area contributed by atoms with E-state index in [1.165, 1.54) is 0 Å². The number of hydrogen-bond acceptors (Lipinski definition) is 4. The Morgan fingerprint density at radius 1 is 1.53 bits per heavy atom. The number of rotatable bonds is 5. The second-order valence-corrected chi connectivity index (χ2v) is 4.71. The Morgan fingerprint density at radius 2 is 2.24 bits per heavy atom. The molecule has 1 heterocycles. The van der Waals surface area contributed by atoms with Gasteiger partial charge in [0.2, 0.25) is 5.91 Å². The molecule has 0 bridgehead atoms. The van der Waals surface area contributed by atoms with Crippen molar-refractivity contribution in [2.75, 3.05) is 33.9 Å². The summed E-state index contributed by atoms with van der Waals surface area (Å²) in [5.41, 5.74) is 5.84. The fraction of sp³-hybridized carbons (Fsp3) is 0.917. The van der Waals surface area contributed by atoms with E-state index in [9.17, 15) is 4.79 Å². The van der Waals surface area contributed by atoms with Gasteiger partial charge in [0.05, 0.1) is 12.1 Å². The number of hydrogen-bond donors (Lipinski definition) is 1. The van der Waals surface area contributed by atoms with Crippen LogP contribution in [0.4, 0.5) is 0 Å². The van der Waals surface area contributed by atoms with Crippen molar-refractivity contribution in [1.29, 1.82) is 0 Å². The van der Waals surface area contributed by atoms with Crippen LogP contribution < -0.4 is 5.73 Å². The second kappa shape index (κ2) is 6.93. The number of methoxy groups -OCH3 is 2. The smallest absolute Gasteiger partial charge is 0.239 e. The van der Waals surface area contributed by atoms with Gasteiger partial charge in [0.1, 0.15) is 0 Å². The molecule has 0 aromatic heterocycles. The summed E-state index contributed by atoms with van der Waals surface area (Å²) >= 11 is 0. The number of ether oxygens (including phenoxy) is 2. The fourth-order valence-electron chi connectivity index (χ4n) is 2.14. The lowest BCUT2D eigenvalue weighted by Crippen LogP contribution is -2.52. The van der Waals surface area contributed by atoms with Gasteiger partial charge in [0, 0.05) is 33.9 Å². The molecule has 100 valence electrons. The third-order valence-corrected chi connectivity index (χ3v) is 3.45. The molecule has 0 radical (unpaired) electrons. The van der Waals surface area contributed by atoms with E-state index in [1.54, 1.807) is 14.2 Å². The van der Waals surface area contributed by atoms with Crippen LogP contribution in [0.1, 0.15) is 19.8 Å². The zero-order valence-corrected chi connectivity index (χ0v) is 11.0. The van der Waals surface area contributed by atoms with Gasteiger partial charge < -0.3 is 20.1 Å². The minimum absolute atomic E-state index is 0.0102. The molecule has 1 fully saturated rings. The van der Waals surface area contributed by atoms with Gasteiger partial charge in [0.25, 0.3) is 0 Å². The van der Waals surface area contributed by atoms with Crippen molar-refractivity contribution < 1.29 is 14.3 Å².